The molecular formula is C10H12Br2O. The van der Waals surface area contributed by atoms with Crippen LogP contribution < -0.4 is 0 Å². The van der Waals surface area contributed by atoms with Crippen LogP contribution in [-0.2, 0) is 4.74 Å². The topological polar surface area (TPSA) is 12.5 Å². The van der Waals surface area contributed by atoms with Crippen molar-refractivity contribution in [2.45, 2.75) is 47.5 Å². The van der Waals surface area contributed by atoms with Gasteiger partial charge in [0.05, 0.1) is 15.4 Å². The standard InChI is InChI=1S/C10H12Br2O/c11-10(12)8-2-1-3-9(8,10)5-7-6(4-8)13-7/h6-7H,1-5H2/t6-,7-,8-,9+/m0/s1. The molecule has 1 aliphatic heterocycles. The molecule has 3 saturated carbocycles. The third kappa shape index (κ3) is 0.618. The van der Waals surface area contributed by atoms with E-state index in [1.807, 2.05) is 0 Å². The lowest BCUT2D eigenvalue weighted by molar-refractivity contribution is 0.309. The number of ether oxygens (including phenoxy) is 1. The maximum absolute atomic E-state index is 5.66. The summed E-state index contributed by atoms with van der Waals surface area (Å²) in [5.41, 5.74) is 1.11. The van der Waals surface area contributed by atoms with Crippen LogP contribution in [0.4, 0.5) is 0 Å². The first-order chi connectivity index (χ1) is 6.13. The van der Waals surface area contributed by atoms with Crippen LogP contribution in [0.1, 0.15) is 32.1 Å². The molecule has 0 N–H and O–H groups in total. The van der Waals surface area contributed by atoms with E-state index in [1.165, 1.54) is 32.1 Å². The summed E-state index contributed by atoms with van der Waals surface area (Å²) >= 11 is 7.83. The lowest BCUT2D eigenvalue weighted by atomic mass is 9.82. The van der Waals surface area contributed by atoms with Crippen LogP contribution in [0.3, 0.4) is 0 Å². The third-order valence-corrected chi connectivity index (χ3v) is 8.09. The van der Waals surface area contributed by atoms with Crippen LogP contribution in [0.5, 0.6) is 0 Å². The van der Waals surface area contributed by atoms with E-state index in [9.17, 15) is 0 Å². The van der Waals surface area contributed by atoms with E-state index in [4.69, 9.17) is 4.74 Å². The minimum atomic E-state index is 0.273. The molecular weight excluding hydrogens is 296 g/mol. The maximum atomic E-state index is 5.66. The molecule has 0 amide bonds. The van der Waals surface area contributed by atoms with Gasteiger partial charge in [-0.05, 0) is 25.7 Å². The minimum absolute atomic E-state index is 0.273. The Balaban J connectivity index is 1.84. The molecule has 0 spiro atoms. The first-order valence-electron chi connectivity index (χ1n) is 5.16. The van der Waals surface area contributed by atoms with Crippen molar-refractivity contribution in [3.05, 3.63) is 0 Å². The molecule has 0 aromatic rings. The Morgan fingerprint density at radius 3 is 2.08 bits per heavy atom. The molecule has 4 rings (SSSR count). The molecule has 72 valence electrons. The smallest absolute Gasteiger partial charge is 0.0931 e. The van der Waals surface area contributed by atoms with Crippen LogP contribution >= 0.6 is 31.9 Å². The third-order valence-electron chi connectivity index (χ3n) is 5.05. The SMILES string of the molecule is BrC1(Br)[C@@]23CCC[C@@]12C[C@@H]1O[C@H]1C3. The van der Waals surface area contributed by atoms with Crippen LogP contribution in [0.2, 0.25) is 0 Å². The predicted octanol–water partition coefficient (Wildman–Crippen LogP) is 3.20. The van der Waals surface area contributed by atoms with Crippen molar-refractivity contribution in [1.82, 2.24) is 0 Å². The zero-order valence-electron chi connectivity index (χ0n) is 7.35. The summed E-state index contributed by atoms with van der Waals surface area (Å²) in [6, 6.07) is 0. The molecule has 1 nitrogen and oxygen atoms in total. The summed E-state index contributed by atoms with van der Waals surface area (Å²) in [5.74, 6) is 0. The van der Waals surface area contributed by atoms with Crippen molar-refractivity contribution >= 4 is 31.9 Å². The fraction of sp³-hybridized carbons (Fsp3) is 1.00. The summed E-state index contributed by atoms with van der Waals surface area (Å²) in [4.78, 5) is 0. The Hall–Kier alpha value is 0.920. The van der Waals surface area contributed by atoms with Gasteiger partial charge < -0.3 is 4.74 Å². The molecule has 0 unspecified atom stereocenters. The molecule has 4 atom stereocenters. The highest BCUT2D eigenvalue weighted by Crippen LogP contribution is 2.91. The first kappa shape index (κ1) is 8.12. The highest BCUT2D eigenvalue weighted by molar-refractivity contribution is 9.25. The van der Waals surface area contributed by atoms with Crippen LogP contribution in [0, 0.1) is 10.8 Å². The van der Waals surface area contributed by atoms with Gasteiger partial charge in [-0.1, -0.05) is 38.3 Å². The van der Waals surface area contributed by atoms with Crippen molar-refractivity contribution in [2.24, 2.45) is 10.8 Å². The molecule has 13 heavy (non-hydrogen) atoms. The Labute approximate surface area is 94.8 Å². The quantitative estimate of drug-likeness (QED) is 0.494. The van der Waals surface area contributed by atoms with Gasteiger partial charge in [-0.2, -0.15) is 0 Å². The normalized spacial score (nSPS) is 65.1. The summed E-state index contributed by atoms with van der Waals surface area (Å²) in [6.45, 7) is 0. The zero-order chi connectivity index (χ0) is 8.90. The van der Waals surface area contributed by atoms with Crippen molar-refractivity contribution in [3.8, 4) is 0 Å². The highest BCUT2D eigenvalue weighted by Gasteiger charge is 2.89. The van der Waals surface area contributed by atoms with E-state index in [1.54, 1.807) is 0 Å². The van der Waals surface area contributed by atoms with E-state index >= 15 is 0 Å². The predicted molar refractivity (Wildman–Crippen MR) is 57.2 cm³/mol. The number of hydrogen-bond acceptors (Lipinski definition) is 1. The van der Waals surface area contributed by atoms with E-state index in [2.05, 4.69) is 31.9 Å². The van der Waals surface area contributed by atoms with E-state index in [0.29, 0.717) is 23.0 Å². The fourth-order valence-electron chi connectivity index (χ4n) is 4.30. The second-order valence-electron chi connectivity index (χ2n) is 5.21. The van der Waals surface area contributed by atoms with E-state index in [-0.39, 0.29) is 3.23 Å². The van der Waals surface area contributed by atoms with Crippen molar-refractivity contribution in [2.75, 3.05) is 0 Å². The summed E-state index contributed by atoms with van der Waals surface area (Å²) < 4.78 is 5.93. The van der Waals surface area contributed by atoms with Gasteiger partial charge in [0.2, 0.25) is 0 Å². The second-order valence-corrected chi connectivity index (χ2v) is 8.66. The first-order valence-corrected chi connectivity index (χ1v) is 6.75. The molecule has 1 saturated heterocycles. The number of hydrogen-bond donors (Lipinski definition) is 0. The number of epoxide rings is 1. The molecule has 0 bridgehead atoms. The van der Waals surface area contributed by atoms with Crippen LogP contribution in [0.15, 0.2) is 0 Å². The molecule has 3 aliphatic carbocycles. The Morgan fingerprint density at radius 2 is 1.54 bits per heavy atom. The van der Waals surface area contributed by atoms with Gasteiger partial charge in [-0.25, -0.2) is 0 Å². The zero-order valence-corrected chi connectivity index (χ0v) is 10.5. The van der Waals surface area contributed by atoms with Gasteiger partial charge in [0.1, 0.15) is 0 Å². The Kier molecular flexibility index (Phi) is 1.20. The van der Waals surface area contributed by atoms with Gasteiger partial charge in [0.15, 0.2) is 0 Å². The number of halogens is 2. The number of fused-ring (bicyclic) bond motifs is 1. The van der Waals surface area contributed by atoms with Crippen molar-refractivity contribution in [3.63, 3.8) is 0 Å². The van der Waals surface area contributed by atoms with Crippen LogP contribution in [-0.4, -0.2) is 15.4 Å². The number of rotatable bonds is 0. The van der Waals surface area contributed by atoms with Gasteiger partial charge in [0, 0.05) is 10.8 Å². The van der Waals surface area contributed by atoms with Gasteiger partial charge in [-0.3, -0.25) is 0 Å². The molecule has 3 heteroatoms. The lowest BCUT2D eigenvalue weighted by Crippen LogP contribution is -2.19. The minimum Gasteiger partial charge on any atom is -0.370 e. The molecule has 0 aromatic heterocycles. The molecule has 4 fully saturated rings. The fourth-order valence-corrected chi connectivity index (χ4v) is 7.06. The Bertz CT molecular complexity index is 277. The van der Waals surface area contributed by atoms with E-state index in [0.717, 1.165) is 0 Å². The maximum Gasteiger partial charge on any atom is 0.0931 e. The molecule has 0 radical (unpaired) electrons. The van der Waals surface area contributed by atoms with Crippen molar-refractivity contribution < 1.29 is 4.74 Å². The average molecular weight is 308 g/mol. The van der Waals surface area contributed by atoms with Crippen molar-refractivity contribution in [1.29, 1.82) is 0 Å². The summed E-state index contributed by atoms with van der Waals surface area (Å²) in [6.07, 6.45) is 8.05. The second kappa shape index (κ2) is 1.92. The van der Waals surface area contributed by atoms with Crippen LogP contribution in [0.25, 0.3) is 0 Å². The molecule has 4 aliphatic rings. The Morgan fingerprint density at radius 1 is 1.00 bits per heavy atom. The monoisotopic (exact) mass is 306 g/mol. The number of alkyl halides is 2. The largest absolute Gasteiger partial charge is 0.370 e. The summed E-state index contributed by atoms with van der Waals surface area (Å²) in [5, 5.41) is 0. The highest BCUT2D eigenvalue weighted by atomic mass is 79.9. The van der Waals surface area contributed by atoms with Gasteiger partial charge >= 0.3 is 0 Å². The molecule has 0 aromatic carbocycles. The average Bonchev–Trinajstić information content (AvgIpc) is 2.78. The lowest BCUT2D eigenvalue weighted by Gasteiger charge is -2.18. The van der Waals surface area contributed by atoms with Gasteiger partial charge in [0.25, 0.3) is 0 Å². The molecule has 1 heterocycles. The van der Waals surface area contributed by atoms with E-state index < -0.39 is 0 Å². The van der Waals surface area contributed by atoms with Gasteiger partial charge in [-0.15, -0.1) is 0 Å². The summed E-state index contributed by atoms with van der Waals surface area (Å²) in [7, 11) is 0.